The number of hydrogen-bond acceptors (Lipinski definition) is 3. The van der Waals surface area contributed by atoms with Crippen molar-refractivity contribution >= 4 is 11.3 Å². The van der Waals surface area contributed by atoms with E-state index < -0.39 is 0 Å². The number of rotatable bonds is 3. The van der Waals surface area contributed by atoms with E-state index in [1.807, 2.05) is 24.3 Å². The van der Waals surface area contributed by atoms with Crippen LogP contribution in [0.5, 0.6) is 0 Å². The van der Waals surface area contributed by atoms with Gasteiger partial charge in [-0.1, -0.05) is 25.1 Å². The molecule has 4 heteroatoms. The normalized spacial score (nSPS) is 10.8. The van der Waals surface area contributed by atoms with E-state index in [1.165, 1.54) is 0 Å². The molecule has 0 unspecified atom stereocenters. The Balaban J connectivity index is 2.08. The lowest BCUT2D eigenvalue weighted by Crippen LogP contribution is -2.01. The number of nitrogens with zero attached hydrogens (tertiary/aromatic N) is 3. The molecule has 0 aliphatic carbocycles. The molecule has 0 radical (unpaired) electrons. The predicted molar refractivity (Wildman–Crippen MR) is 72.2 cm³/mol. The Morgan fingerprint density at radius 3 is 3.05 bits per heavy atom. The maximum Gasteiger partial charge on any atom is 0.196 e. The van der Waals surface area contributed by atoms with Gasteiger partial charge in [0.2, 0.25) is 0 Å². The zero-order chi connectivity index (χ0) is 13.2. The molecule has 2 heterocycles. The Bertz CT molecular complexity index is 746. The van der Waals surface area contributed by atoms with Crippen LogP contribution in [0.3, 0.4) is 0 Å². The van der Waals surface area contributed by atoms with Crippen molar-refractivity contribution in [1.82, 2.24) is 14.6 Å². The van der Waals surface area contributed by atoms with Crippen LogP contribution < -0.4 is 0 Å². The topological polar surface area (TPSA) is 47.3 Å². The van der Waals surface area contributed by atoms with Crippen LogP contribution in [0.2, 0.25) is 0 Å². The fourth-order valence-corrected chi connectivity index (χ4v) is 2.10. The van der Waals surface area contributed by atoms with Crippen molar-refractivity contribution in [2.45, 2.75) is 13.3 Å². The number of ketones is 1. The van der Waals surface area contributed by atoms with Gasteiger partial charge in [-0.3, -0.25) is 9.78 Å². The lowest BCUT2D eigenvalue weighted by molar-refractivity contribution is 0.104. The van der Waals surface area contributed by atoms with E-state index in [1.54, 1.807) is 29.3 Å². The summed E-state index contributed by atoms with van der Waals surface area (Å²) in [4.78, 5) is 16.6. The van der Waals surface area contributed by atoms with E-state index in [2.05, 4.69) is 17.0 Å². The Morgan fingerprint density at radius 2 is 2.21 bits per heavy atom. The van der Waals surface area contributed by atoms with Gasteiger partial charge in [-0.25, -0.2) is 4.52 Å². The minimum atomic E-state index is -0.0155. The zero-order valence-corrected chi connectivity index (χ0v) is 10.6. The van der Waals surface area contributed by atoms with Crippen LogP contribution in [-0.4, -0.2) is 20.4 Å². The Morgan fingerprint density at radius 1 is 1.32 bits per heavy atom. The number of aromatic nitrogens is 3. The highest BCUT2D eigenvalue weighted by Gasteiger charge is 2.14. The zero-order valence-electron chi connectivity index (χ0n) is 10.6. The van der Waals surface area contributed by atoms with Crippen LogP contribution in [0.4, 0.5) is 0 Å². The molecule has 1 aromatic carbocycles. The molecule has 94 valence electrons. The number of carbonyl (C=O) groups is 1. The maximum absolute atomic E-state index is 12.5. The predicted octanol–water partition coefficient (Wildman–Crippen LogP) is 2.52. The molecule has 2 aromatic heterocycles. The summed E-state index contributed by atoms with van der Waals surface area (Å²) in [5, 5.41) is 4.16. The second-order valence-corrected chi connectivity index (χ2v) is 4.35. The molecule has 0 saturated heterocycles. The highest BCUT2D eigenvalue weighted by atomic mass is 16.1. The second kappa shape index (κ2) is 4.65. The first-order valence-corrected chi connectivity index (χ1v) is 6.20. The highest BCUT2D eigenvalue weighted by Crippen LogP contribution is 2.16. The van der Waals surface area contributed by atoms with E-state index in [0.717, 1.165) is 17.5 Å². The molecular formula is C15H13N3O. The van der Waals surface area contributed by atoms with Gasteiger partial charge in [0.05, 0.1) is 23.5 Å². The fraction of sp³-hybridized carbons (Fsp3) is 0.133. The summed E-state index contributed by atoms with van der Waals surface area (Å²) in [6.45, 7) is 2.07. The molecule has 0 aliphatic heterocycles. The molecule has 0 bridgehead atoms. The second-order valence-electron chi connectivity index (χ2n) is 4.35. The van der Waals surface area contributed by atoms with Gasteiger partial charge in [0, 0.05) is 18.0 Å². The summed E-state index contributed by atoms with van der Waals surface area (Å²) in [6, 6.07) is 7.70. The lowest BCUT2D eigenvalue weighted by Gasteiger charge is -2.02. The Hall–Kier alpha value is -2.49. The number of benzene rings is 1. The van der Waals surface area contributed by atoms with E-state index in [-0.39, 0.29) is 5.78 Å². The van der Waals surface area contributed by atoms with Crippen LogP contribution in [-0.2, 0) is 6.42 Å². The third-order valence-electron chi connectivity index (χ3n) is 3.17. The summed E-state index contributed by atoms with van der Waals surface area (Å²) in [5.74, 6) is -0.0155. The molecule has 4 nitrogen and oxygen atoms in total. The Kier molecular flexibility index (Phi) is 2.83. The van der Waals surface area contributed by atoms with Gasteiger partial charge < -0.3 is 0 Å². The molecule has 3 aromatic rings. The summed E-state index contributed by atoms with van der Waals surface area (Å²) >= 11 is 0. The minimum Gasteiger partial charge on any atom is -0.288 e. The minimum absolute atomic E-state index is 0.0155. The van der Waals surface area contributed by atoms with Crippen LogP contribution >= 0.6 is 0 Å². The smallest absolute Gasteiger partial charge is 0.196 e. The molecule has 0 saturated carbocycles. The number of hydrogen-bond donors (Lipinski definition) is 0. The molecule has 0 fully saturated rings. The average molecular weight is 251 g/mol. The Labute approximate surface area is 110 Å². The van der Waals surface area contributed by atoms with Crippen LogP contribution in [0, 0.1) is 0 Å². The van der Waals surface area contributed by atoms with Crippen molar-refractivity contribution in [3.05, 3.63) is 65.7 Å². The monoisotopic (exact) mass is 251 g/mol. The van der Waals surface area contributed by atoms with Crippen molar-refractivity contribution in [3.63, 3.8) is 0 Å². The summed E-state index contributed by atoms with van der Waals surface area (Å²) in [6.07, 6.45) is 7.54. The van der Waals surface area contributed by atoms with E-state index >= 15 is 0 Å². The summed E-state index contributed by atoms with van der Waals surface area (Å²) in [5.41, 5.74) is 3.16. The van der Waals surface area contributed by atoms with Gasteiger partial charge in [0.25, 0.3) is 0 Å². The molecule has 3 rings (SSSR count). The molecule has 0 spiro atoms. The molecule has 0 amide bonds. The van der Waals surface area contributed by atoms with Crippen molar-refractivity contribution in [1.29, 1.82) is 0 Å². The first-order valence-electron chi connectivity index (χ1n) is 6.20. The first-order chi connectivity index (χ1) is 9.29. The number of carbonyl (C=O) groups excluding carboxylic acids is 1. The van der Waals surface area contributed by atoms with E-state index in [0.29, 0.717) is 11.1 Å². The van der Waals surface area contributed by atoms with E-state index in [4.69, 9.17) is 0 Å². The van der Waals surface area contributed by atoms with Gasteiger partial charge >= 0.3 is 0 Å². The molecule has 0 atom stereocenters. The van der Waals surface area contributed by atoms with Gasteiger partial charge in [0.15, 0.2) is 5.78 Å². The maximum atomic E-state index is 12.5. The standard InChI is InChI=1S/C15H13N3O/c1-2-11-4-3-5-12(8-11)15(19)13-9-17-18-7-6-16-10-14(13)18/h3-10H,2H2,1H3. The third kappa shape index (κ3) is 2.01. The molecular weight excluding hydrogens is 238 g/mol. The largest absolute Gasteiger partial charge is 0.288 e. The van der Waals surface area contributed by atoms with Crippen molar-refractivity contribution in [3.8, 4) is 0 Å². The van der Waals surface area contributed by atoms with Crippen molar-refractivity contribution < 1.29 is 4.79 Å². The fourth-order valence-electron chi connectivity index (χ4n) is 2.10. The highest BCUT2D eigenvalue weighted by molar-refractivity contribution is 6.12. The van der Waals surface area contributed by atoms with Crippen molar-refractivity contribution in [2.75, 3.05) is 0 Å². The summed E-state index contributed by atoms with van der Waals surface area (Å²) in [7, 11) is 0. The van der Waals surface area contributed by atoms with Crippen LogP contribution in [0.15, 0.2) is 49.1 Å². The van der Waals surface area contributed by atoms with Crippen LogP contribution in [0.1, 0.15) is 28.4 Å². The lowest BCUT2D eigenvalue weighted by atomic mass is 10.0. The molecule has 0 N–H and O–H groups in total. The third-order valence-corrected chi connectivity index (χ3v) is 3.17. The number of aryl methyl sites for hydroxylation is 1. The van der Waals surface area contributed by atoms with Gasteiger partial charge in [-0.05, 0) is 18.1 Å². The van der Waals surface area contributed by atoms with Crippen LogP contribution in [0.25, 0.3) is 5.52 Å². The summed E-state index contributed by atoms with van der Waals surface area (Å²) < 4.78 is 1.66. The first kappa shape index (κ1) is 11.6. The van der Waals surface area contributed by atoms with Gasteiger partial charge in [-0.2, -0.15) is 5.10 Å². The average Bonchev–Trinajstić information content (AvgIpc) is 2.90. The van der Waals surface area contributed by atoms with Gasteiger partial charge in [0.1, 0.15) is 0 Å². The molecule has 0 aliphatic rings. The van der Waals surface area contributed by atoms with E-state index in [9.17, 15) is 4.79 Å². The van der Waals surface area contributed by atoms with Gasteiger partial charge in [-0.15, -0.1) is 0 Å². The molecule has 19 heavy (non-hydrogen) atoms. The quantitative estimate of drug-likeness (QED) is 0.672. The SMILES string of the molecule is CCc1cccc(C(=O)c2cnn3ccncc23)c1. The van der Waals surface area contributed by atoms with Crippen molar-refractivity contribution in [2.24, 2.45) is 0 Å². The number of fused-ring (bicyclic) bond motifs is 1.